The predicted molar refractivity (Wildman–Crippen MR) is 73.1 cm³/mol. The van der Waals surface area contributed by atoms with E-state index in [0.717, 1.165) is 16.6 Å². The molecule has 1 heterocycles. The molecule has 1 atom stereocenters. The van der Waals surface area contributed by atoms with Crippen molar-refractivity contribution in [3.8, 4) is 6.07 Å². The van der Waals surface area contributed by atoms with Crippen molar-refractivity contribution in [3.63, 3.8) is 0 Å². The second-order valence-corrected chi connectivity index (χ2v) is 5.31. The number of rotatable bonds is 2. The van der Waals surface area contributed by atoms with Crippen LogP contribution in [0.5, 0.6) is 0 Å². The summed E-state index contributed by atoms with van der Waals surface area (Å²) in [6, 6.07) is 7.82. The lowest BCUT2D eigenvalue weighted by Crippen LogP contribution is -2.43. The molecule has 1 aromatic rings. The Morgan fingerprint density at radius 1 is 1.56 bits per heavy atom. The van der Waals surface area contributed by atoms with Crippen LogP contribution in [0, 0.1) is 11.3 Å². The molecule has 1 saturated heterocycles. The summed E-state index contributed by atoms with van der Waals surface area (Å²) in [6.07, 6.45) is 1.43. The number of carbonyl (C=O) groups excluding carboxylic acids is 1. The maximum Gasteiger partial charge on any atom is 0.222 e. The van der Waals surface area contributed by atoms with Crippen molar-refractivity contribution in [1.82, 2.24) is 4.90 Å². The summed E-state index contributed by atoms with van der Waals surface area (Å²) in [5, 5.41) is 12.2. The molecule has 5 heteroatoms. The molecule has 0 aromatic heterocycles. The SMILES string of the molecule is CN1CC(Nc2ccc(C#N)cc2Br)CCC1=O. The largest absolute Gasteiger partial charge is 0.380 e. The van der Waals surface area contributed by atoms with Crippen LogP contribution in [-0.2, 0) is 4.79 Å². The fourth-order valence-electron chi connectivity index (χ4n) is 2.05. The molecule has 1 unspecified atom stereocenters. The summed E-state index contributed by atoms with van der Waals surface area (Å²) in [6.45, 7) is 0.714. The average Bonchev–Trinajstić information content (AvgIpc) is 2.36. The van der Waals surface area contributed by atoms with Crippen molar-refractivity contribution < 1.29 is 4.79 Å². The van der Waals surface area contributed by atoms with E-state index in [-0.39, 0.29) is 11.9 Å². The second kappa shape index (κ2) is 5.40. The first-order valence-electron chi connectivity index (χ1n) is 5.80. The maximum absolute atomic E-state index is 11.4. The van der Waals surface area contributed by atoms with E-state index in [9.17, 15) is 4.79 Å². The number of benzene rings is 1. The zero-order valence-electron chi connectivity index (χ0n) is 10.1. The van der Waals surface area contributed by atoms with Gasteiger partial charge in [-0.1, -0.05) is 0 Å². The van der Waals surface area contributed by atoms with Gasteiger partial charge in [-0.3, -0.25) is 4.79 Å². The molecule has 18 heavy (non-hydrogen) atoms. The number of piperidine rings is 1. The topological polar surface area (TPSA) is 56.1 Å². The van der Waals surface area contributed by atoms with E-state index in [1.165, 1.54) is 0 Å². The number of likely N-dealkylation sites (N-methyl/N-ethyl adjacent to an activating group) is 1. The van der Waals surface area contributed by atoms with Crippen molar-refractivity contribution in [2.45, 2.75) is 18.9 Å². The summed E-state index contributed by atoms with van der Waals surface area (Å²) in [5.74, 6) is 0.201. The van der Waals surface area contributed by atoms with Crippen LogP contribution in [-0.4, -0.2) is 30.4 Å². The summed E-state index contributed by atoms with van der Waals surface area (Å²) < 4.78 is 0.876. The molecule has 2 rings (SSSR count). The Kier molecular flexibility index (Phi) is 3.87. The molecular formula is C13H14BrN3O. The van der Waals surface area contributed by atoms with Gasteiger partial charge in [-0.05, 0) is 40.5 Å². The third-order valence-corrected chi connectivity index (χ3v) is 3.74. The van der Waals surface area contributed by atoms with E-state index in [2.05, 4.69) is 27.3 Å². The normalized spacial score (nSPS) is 19.5. The molecule has 1 aromatic carbocycles. The van der Waals surface area contributed by atoms with Gasteiger partial charge in [0.25, 0.3) is 0 Å². The predicted octanol–water partition coefficient (Wildman–Crippen LogP) is 2.35. The summed E-state index contributed by atoms with van der Waals surface area (Å²) in [7, 11) is 1.82. The molecule has 1 N–H and O–H groups in total. The van der Waals surface area contributed by atoms with Gasteiger partial charge in [0, 0.05) is 36.2 Å². The summed E-state index contributed by atoms with van der Waals surface area (Å²) in [4.78, 5) is 13.1. The quantitative estimate of drug-likeness (QED) is 0.912. The monoisotopic (exact) mass is 307 g/mol. The van der Waals surface area contributed by atoms with E-state index in [4.69, 9.17) is 5.26 Å². The molecule has 0 bridgehead atoms. The van der Waals surface area contributed by atoms with Gasteiger partial charge in [-0.15, -0.1) is 0 Å². The van der Waals surface area contributed by atoms with Crippen LogP contribution in [0.2, 0.25) is 0 Å². The number of carbonyl (C=O) groups is 1. The van der Waals surface area contributed by atoms with Crippen molar-refractivity contribution in [1.29, 1.82) is 5.26 Å². The van der Waals surface area contributed by atoms with Gasteiger partial charge >= 0.3 is 0 Å². The third kappa shape index (κ3) is 2.82. The van der Waals surface area contributed by atoms with Crippen molar-refractivity contribution >= 4 is 27.5 Å². The Hall–Kier alpha value is -1.54. The number of anilines is 1. The lowest BCUT2D eigenvalue weighted by atomic mass is 10.1. The van der Waals surface area contributed by atoms with Crippen molar-refractivity contribution in [3.05, 3.63) is 28.2 Å². The zero-order chi connectivity index (χ0) is 13.1. The smallest absolute Gasteiger partial charge is 0.222 e. The van der Waals surface area contributed by atoms with Gasteiger partial charge < -0.3 is 10.2 Å². The highest BCUT2D eigenvalue weighted by Crippen LogP contribution is 2.25. The van der Waals surface area contributed by atoms with E-state index in [1.54, 1.807) is 17.0 Å². The fourth-order valence-corrected chi connectivity index (χ4v) is 2.54. The van der Waals surface area contributed by atoms with E-state index in [1.807, 2.05) is 13.1 Å². The van der Waals surface area contributed by atoms with Crippen LogP contribution in [0.25, 0.3) is 0 Å². The van der Waals surface area contributed by atoms with Gasteiger partial charge in [0.05, 0.1) is 11.6 Å². The van der Waals surface area contributed by atoms with Crippen molar-refractivity contribution in [2.75, 3.05) is 18.9 Å². The van der Waals surface area contributed by atoms with E-state index in [0.29, 0.717) is 18.5 Å². The Bertz CT molecular complexity index is 509. The minimum Gasteiger partial charge on any atom is -0.380 e. The fraction of sp³-hybridized carbons (Fsp3) is 0.385. The molecule has 94 valence electrons. The molecule has 1 fully saturated rings. The Labute approximate surface area is 115 Å². The maximum atomic E-state index is 11.4. The number of nitrogens with zero attached hydrogens (tertiary/aromatic N) is 2. The molecular weight excluding hydrogens is 294 g/mol. The Morgan fingerprint density at radius 2 is 2.33 bits per heavy atom. The third-order valence-electron chi connectivity index (χ3n) is 3.08. The van der Waals surface area contributed by atoms with Gasteiger partial charge in [-0.2, -0.15) is 5.26 Å². The molecule has 0 saturated carbocycles. The van der Waals surface area contributed by atoms with Crippen LogP contribution in [0.15, 0.2) is 22.7 Å². The highest BCUT2D eigenvalue weighted by Gasteiger charge is 2.22. The molecule has 1 amide bonds. The lowest BCUT2D eigenvalue weighted by molar-refractivity contribution is -0.132. The van der Waals surface area contributed by atoms with E-state index >= 15 is 0 Å². The average molecular weight is 308 g/mol. The first-order chi connectivity index (χ1) is 8.60. The van der Waals surface area contributed by atoms with Crippen LogP contribution >= 0.6 is 15.9 Å². The molecule has 0 radical (unpaired) electrons. The minimum atomic E-state index is 0.201. The molecule has 4 nitrogen and oxygen atoms in total. The number of nitriles is 1. The second-order valence-electron chi connectivity index (χ2n) is 4.46. The van der Waals surface area contributed by atoms with E-state index < -0.39 is 0 Å². The number of amides is 1. The van der Waals surface area contributed by atoms with Gasteiger partial charge in [0.2, 0.25) is 5.91 Å². The van der Waals surface area contributed by atoms with Gasteiger partial charge in [0.15, 0.2) is 0 Å². The Balaban J connectivity index is 2.06. The summed E-state index contributed by atoms with van der Waals surface area (Å²) in [5.41, 5.74) is 1.59. The number of halogens is 1. The van der Waals surface area contributed by atoms with Crippen LogP contribution in [0.1, 0.15) is 18.4 Å². The number of hydrogen-bond acceptors (Lipinski definition) is 3. The minimum absolute atomic E-state index is 0.201. The standard InChI is InChI=1S/C13H14BrN3O/c1-17-8-10(3-5-13(17)18)16-12-4-2-9(7-15)6-11(12)14/h2,4,6,10,16H,3,5,8H2,1H3. The highest BCUT2D eigenvalue weighted by atomic mass is 79.9. The van der Waals surface area contributed by atoms with Gasteiger partial charge in [0.1, 0.15) is 0 Å². The Morgan fingerprint density at radius 3 is 2.94 bits per heavy atom. The highest BCUT2D eigenvalue weighted by molar-refractivity contribution is 9.10. The van der Waals surface area contributed by atoms with Crippen LogP contribution in [0.3, 0.4) is 0 Å². The lowest BCUT2D eigenvalue weighted by Gasteiger charge is -2.31. The van der Waals surface area contributed by atoms with Gasteiger partial charge in [-0.25, -0.2) is 0 Å². The summed E-state index contributed by atoms with van der Waals surface area (Å²) >= 11 is 3.45. The number of nitrogens with one attached hydrogen (secondary N) is 1. The molecule has 0 spiro atoms. The molecule has 0 aliphatic carbocycles. The first-order valence-corrected chi connectivity index (χ1v) is 6.59. The molecule has 1 aliphatic rings. The van der Waals surface area contributed by atoms with Crippen LogP contribution < -0.4 is 5.32 Å². The van der Waals surface area contributed by atoms with Crippen molar-refractivity contribution in [2.24, 2.45) is 0 Å². The molecule has 1 aliphatic heterocycles. The zero-order valence-corrected chi connectivity index (χ0v) is 11.7. The first kappa shape index (κ1) is 12.9. The number of hydrogen-bond donors (Lipinski definition) is 1. The van der Waals surface area contributed by atoms with Crippen LogP contribution in [0.4, 0.5) is 5.69 Å². The number of likely N-dealkylation sites (tertiary alicyclic amines) is 1.